The summed E-state index contributed by atoms with van der Waals surface area (Å²) >= 11 is 7.71. The number of hydrogen-bond acceptors (Lipinski definition) is 5. The third-order valence-electron chi connectivity index (χ3n) is 2.24. The van der Waals surface area contributed by atoms with Crippen molar-refractivity contribution in [1.82, 2.24) is 9.97 Å². The SMILES string of the molecule is CCSCCC(C)Nc1ncnc(Cl)c1C=O. The highest BCUT2D eigenvalue weighted by Crippen LogP contribution is 2.18. The normalized spacial score (nSPS) is 12.2. The van der Waals surface area contributed by atoms with Gasteiger partial charge in [-0.2, -0.15) is 11.8 Å². The van der Waals surface area contributed by atoms with Gasteiger partial charge in [0.2, 0.25) is 0 Å². The number of halogens is 1. The number of aromatic nitrogens is 2. The van der Waals surface area contributed by atoms with Crippen molar-refractivity contribution < 1.29 is 4.79 Å². The molecule has 0 fully saturated rings. The smallest absolute Gasteiger partial charge is 0.156 e. The Hall–Kier alpha value is -0.810. The Balaban J connectivity index is 2.61. The van der Waals surface area contributed by atoms with Gasteiger partial charge < -0.3 is 5.32 Å². The Morgan fingerprint density at radius 1 is 1.59 bits per heavy atom. The largest absolute Gasteiger partial charge is 0.367 e. The van der Waals surface area contributed by atoms with Crippen LogP contribution in [0.25, 0.3) is 0 Å². The van der Waals surface area contributed by atoms with E-state index in [2.05, 4.69) is 29.1 Å². The summed E-state index contributed by atoms with van der Waals surface area (Å²) in [4.78, 5) is 18.7. The van der Waals surface area contributed by atoms with Crippen LogP contribution in [0.5, 0.6) is 0 Å². The van der Waals surface area contributed by atoms with E-state index >= 15 is 0 Å². The maximum atomic E-state index is 10.9. The second kappa shape index (κ2) is 7.50. The van der Waals surface area contributed by atoms with Gasteiger partial charge >= 0.3 is 0 Å². The highest BCUT2D eigenvalue weighted by molar-refractivity contribution is 7.99. The van der Waals surface area contributed by atoms with Gasteiger partial charge in [0.05, 0.1) is 5.56 Å². The van der Waals surface area contributed by atoms with Gasteiger partial charge in [-0.05, 0) is 24.9 Å². The van der Waals surface area contributed by atoms with Gasteiger partial charge in [0.25, 0.3) is 0 Å². The Kier molecular flexibility index (Phi) is 6.29. The predicted molar refractivity (Wildman–Crippen MR) is 73.1 cm³/mol. The number of rotatable bonds is 7. The minimum absolute atomic E-state index is 0.188. The Morgan fingerprint density at radius 3 is 3.00 bits per heavy atom. The van der Waals surface area contributed by atoms with Gasteiger partial charge in [-0.1, -0.05) is 18.5 Å². The van der Waals surface area contributed by atoms with E-state index in [9.17, 15) is 4.79 Å². The molecule has 1 aromatic heterocycles. The summed E-state index contributed by atoms with van der Waals surface area (Å²) in [5.74, 6) is 2.71. The average Bonchev–Trinajstić information content (AvgIpc) is 2.29. The Morgan fingerprint density at radius 2 is 2.35 bits per heavy atom. The number of carbonyl (C=O) groups is 1. The van der Waals surface area contributed by atoms with Crippen LogP contribution in [0.3, 0.4) is 0 Å². The summed E-state index contributed by atoms with van der Waals surface area (Å²) in [6.07, 6.45) is 3.04. The number of nitrogens with one attached hydrogen (secondary N) is 1. The zero-order valence-electron chi connectivity index (χ0n) is 9.94. The summed E-state index contributed by atoms with van der Waals surface area (Å²) in [7, 11) is 0. The van der Waals surface area contributed by atoms with Crippen molar-refractivity contribution >= 4 is 35.5 Å². The molecular formula is C11H16ClN3OS. The molecule has 0 aliphatic carbocycles. The first-order chi connectivity index (χ1) is 8.19. The highest BCUT2D eigenvalue weighted by atomic mass is 35.5. The van der Waals surface area contributed by atoms with E-state index in [-0.39, 0.29) is 11.2 Å². The van der Waals surface area contributed by atoms with Crippen LogP contribution in [0.4, 0.5) is 5.82 Å². The fourth-order valence-electron chi connectivity index (χ4n) is 1.30. The topological polar surface area (TPSA) is 54.9 Å². The number of aldehydes is 1. The van der Waals surface area contributed by atoms with Crippen molar-refractivity contribution in [3.05, 3.63) is 17.0 Å². The first-order valence-electron chi connectivity index (χ1n) is 5.49. The molecule has 1 aromatic rings. The monoisotopic (exact) mass is 273 g/mol. The van der Waals surface area contributed by atoms with Gasteiger partial charge in [0.1, 0.15) is 17.3 Å². The maximum Gasteiger partial charge on any atom is 0.156 e. The molecule has 0 saturated heterocycles. The van der Waals surface area contributed by atoms with Crippen LogP contribution in [0.15, 0.2) is 6.33 Å². The summed E-state index contributed by atoms with van der Waals surface area (Å²) in [6, 6.07) is 0.249. The summed E-state index contributed by atoms with van der Waals surface area (Å²) in [5.41, 5.74) is 0.323. The minimum Gasteiger partial charge on any atom is -0.367 e. The van der Waals surface area contributed by atoms with Crippen LogP contribution in [-0.2, 0) is 0 Å². The standard InChI is InChI=1S/C11H16ClN3OS/c1-3-17-5-4-8(2)15-11-9(6-16)10(12)13-7-14-11/h6-8H,3-5H2,1-2H3,(H,13,14,15). The molecule has 4 nitrogen and oxygen atoms in total. The number of nitrogens with zero attached hydrogens (tertiary/aromatic N) is 2. The fourth-order valence-corrected chi connectivity index (χ4v) is 2.29. The third-order valence-corrected chi connectivity index (χ3v) is 3.47. The van der Waals surface area contributed by atoms with Crippen LogP contribution < -0.4 is 5.32 Å². The van der Waals surface area contributed by atoms with Crippen molar-refractivity contribution in [3.63, 3.8) is 0 Å². The van der Waals surface area contributed by atoms with E-state index in [1.165, 1.54) is 6.33 Å². The van der Waals surface area contributed by atoms with Crippen molar-refractivity contribution in [3.8, 4) is 0 Å². The van der Waals surface area contributed by atoms with Crippen LogP contribution in [-0.4, -0.2) is 33.8 Å². The van der Waals surface area contributed by atoms with E-state index in [4.69, 9.17) is 11.6 Å². The molecule has 1 atom stereocenters. The molecule has 6 heteroatoms. The minimum atomic E-state index is 0.188. The van der Waals surface area contributed by atoms with Gasteiger partial charge in [0, 0.05) is 6.04 Å². The first-order valence-corrected chi connectivity index (χ1v) is 7.02. The molecule has 0 amide bonds. The predicted octanol–water partition coefficient (Wildman–Crippen LogP) is 2.89. The molecular weight excluding hydrogens is 258 g/mol. The second-order valence-electron chi connectivity index (χ2n) is 3.58. The number of carbonyl (C=O) groups excluding carboxylic acids is 1. The van der Waals surface area contributed by atoms with Gasteiger partial charge in [-0.25, -0.2) is 9.97 Å². The quantitative estimate of drug-likeness (QED) is 0.470. The molecule has 1 heterocycles. The molecule has 0 aromatic carbocycles. The number of hydrogen-bond donors (Lipinski definition) is 1. The van der Waals surface area contributed by atoms with E-state index in [1.54, 1.807) is 0 Å². The van der Waals surface area contributed by atoms with E-state index in [0.717, 1.165) is 17.9 Å². The lowest BCUT2D eigenvalue weighted by molar-refractivity contribution is 0.112. The molecule has 0 saturated carbocycles. The lowest BCUT2D eigenvalue weighted by atomic mass is 10.2. The third kappa shape index (κ3) is 4.52. The van der Waals surface area contributed by atoms with Gasteiger partial charge in [-0.15, -0.1) is 0 Å². The zero-order valence-corrected chi connectivity index (χ0v) is 11.5. The molecule has 94 valence electrons. The molecule has 17 heavy (non-hydrogen) atoms. The fraction of sp³-hybridized carbons (Fsp3) is 0.545. The van der Waals surface area contributed by atoms with E-state index < -0.39 is 0 Å². The van der Waals surface area contributed by atoms with Crippen LogP contribution in [0.2, 0.25) is 5.15 Å². The molecule has 1 rings (SSSR count). The van der Waals surface area contributed by atoms with E-state index in [0.29, 0.717) is 17.7 Å². The zero-order chi connectivity index (χ0) is 12.7. The maximum absolute atomic E-state index is 10.9. The summed E-state index contributed by atoms with van der Waals surface area (Å²) in [6.45, 7) is 4.19. The second-order valence-corrected chi connectivity index (χ2v) is 5.33. The van der Waals surface area contributed by atoms with Crippen LogP contribution in [0, 0.1) is 0 Å². The Bertz CT molecular complexity index is 376. The van der Waals surface area contributed by atoms with E-state index in [1.807, 2.05) is 11.8 Å². The summed E-state index contributed by atoms with van der Waals surface area (Å²) < 4.78 is 0. The number of anilines is 1. The average molecular weight is 274 g/mol. The molecule has 0 aliphatic rings. The lowest BCUT2D eigenvalue weighted by Gasteiger charge is -2.15. The molecule has 1 unspecified atom stereocenters. The van der Waals surface area contributed by atoms with Crippen LogP contribution in [0.1, 0.15) is 30.6 Å². The highest BCUT2D eigenvalue weighted by Gasteiger charge is 2.11. The van der Waals surface area contributed by atoms with Crippen molar-refractivity contribution in [1.29, 1.82) is 0 Å². The van der Waals surface area contributed by atoms with Crippen LogP contribution >= 0.6 is 23.4 Å². The number of thioether (sulfide) groups is 1. The Labute approximate surface area is 111 Å². The molecule has 0 spiro atoms. The molecule has 1 N–H and O–H groups in total. The van der Waals surface area contributed by atoms with Gasteiger partial charge in [0.15, 0.2) is 6.29 Å². The van der Waals surface area contributed by atoms with Gasteiger partial charge in [-0.3, -0.25) is 4.79 Å². The van der Waals surface area contributed by atoms with Crippen molar-refractivity contribution in [2.75, 3.05) is 16.8 Å². The molecule has 0 aliphatic heterocycles. The van der Waals surface area contributed by atoms with Crippen molar-refractivity contribution in [2.45, 2.75) is 26.3 Å². The molecule has 0 bridgehead atoms. The first kappa shape index (κ1) is 14.3. The molecule has 0 radical (unpaired) electrons. The lowest BCUT2D eigenvalue weighted by Crippen LogP contribution is -2.18. The summed E-state index contributed by atoms with van der Waals surface area (Å²) in [5, 5.41) is 3.37. The van der Waals surface area contributed by atoms with Crippen molar-refractivity contribution in [2.24, 2.45) is 0 Å².